The fraction of sp³-hybridized carbons (Fsp3) is 0.105. The van der Waals surface area contributed by atoms with Gasteiger partial charge in [0.15, 0.2) is 17.8 Å². The van der Waals surface area contributed by atoms with Gasteiger partial charge in [-0.05, 0) is 35.9 Å². The van der Waals surface area contributed by atoms with Crippen molar-refractivity contribution in [2.24, 2.45) is 0 Å². The van der Waals surface area contributed by atoms with Crippen LogP contribution >= 0.6 is 0 Å². The van der Waals surface area contributed by atoms with E-state index in [0.717, 1.165) is 5.56 Å². The largest absolute Gasteiger partial charge is 0.467 e. The van der Waals surface area contributed by atoms with Gasteiger partial charge in [0.25, 0.3) is 5.91 Å². The van der Waals surface area contributed by atoms with E-state index in [9.17, 15) is 4.79 Å². The van der Waals surface area contributed by atoms with Gasteiger partial charge in [0.1, 0.15) is 5.76 Å². The molecule has 0 spiro atoms. The molecular weight excluding hydrogens is 334 g/mol. The minimum atomic E-state index is -0.287. The third-order valence-electron chi connectivity index (χ3n) is 3.83. The summed E-state index contributed by atoms with van der Waals surface area (Å²) in [6.45, 7) is 0.656. The summed E-state index contributed by atoms with van der Waals surface area (Å²) in [6.07, 6.45) is 7.74. The topological polar surface area (TPSA) is 85.5 Å². The number of oxazole rings is 1. The highest BCUT2D eigenvalue weighted by Gasteiger charge is 2.26. The van der Waals surface area contributed by atoms with Crippen LogP contribution in [0.15, 0.2) is 81.0 Å². The zero-order valence-electron chi connectivity index (χ0n) is 13.7. The molecule has 0 N–H and O–H groups in total. The molecule has 0 unspecified atom stereocenters. The fourth-order valence-electron chi connectivity index (χ4n) is 2.63. The summed E-state index contributed by atoms with van der Waals surface area (Å²) in [5, 5.41) is 0. The molecule has 4 aromatic rings. The second kappa shape index (κ2) is 7.10. The Balaban J connectivity index is 1.65. The van der Waals surface area contributed by atoms with Crippen molar-refractivity contribution < 1.29 is 18.0 Å². The van der Waals surface area contributed by atoms with Gasteiger partial charge in [0, 0.05) is 18.9 Å². The van der Waals surface area contributed by atoms with Crippen LogP contribution in [-0.4, -0.2) is 20.8 Å². The molecule has 4 heterocycles. The molecule has 7 heteroatoms. The van der Waals surface area contributed by atoms with E-state index in [1.807, 2.05) is 18.2 Å². The summed E-state index contributed by atoms with van der Waals surface area (Å²) in [6, 6.07) is 10.8. The number of furan rings is 2. The maximum Gasteiger partial charge on any atom is 0.277 e. The SMILES string of the molecule is O=C(c1ncoc1-c1ccco1)N(Cc1cccnc1)Cc1ccco1. The Labute approximate surface area is 148 Å². The molecule has 0 saturated carbocycles. The Morgan fingerprint density at radius 2 is 1.88 bits per heavy atom. The van der Waals surface area contributed by atoms with Gasteiger partial charge in [0.05, 0.1) is 19.1 Å². The molecule has 0 atom stereocenters. The number of amides is 1. The van der Waals surface area contributed by atoms with Crippen LogP contribution in [0, 0.1) is 0 Å². The van der Waals surface area contributed by atoms with Crippen LogP contribution in [0.4, 0.5) is 0 Å². The van der Waals surface area contributed by atoms with Crippen molar-refractivity contribution in [2.45, 2.75) is 13.1 Å². The Bertz CT molecular complexity index is 960. The standard InChI is InChI=1S/C19H15N3O4/c23-19(17-18(26-13-21-17)16-6-3-9-25-16)22(12-15-5-2-8-24-15)11-14-4-1-7-20-10-14/h1-10,13H,11-12H2. The monoisotopic (exact) mass is 349 g/mol. The van der Waals surface area contributed by atoms with Crippen molar-refractivity contribution in [2.75, 3.05) is 0 Å². The van der Waals surface area contributed by atoms with Crippen LogP contribution in [0.25, 0.3) is 11.5 Å². The van der Waals surface area contributed by atoms with Gasteiger partial charge >= 0.3 is 0 Å². The summed E-state index contributed by atoms with van der Waals surface area (Å²) < 4.78 is 16.1. The molecule has 4 aromatic heterocycles. The van der Waals surface area contributed by atoms with Crippen LogP contribution in [0.3, 0.4) is 0 Å². The third-order valence-corrected chi connectivity index (χ3v) is 3.83. The summed E-state index contributed by atoms with van der Waals surface area (Å²) in [5.41, 5.74) is 1.09. The van der Waals surface area contributed by atoms with Crippen molar-refractivity contribution in [1.29, 1.82) is 0 Å². The van der Waals surface area contributed by atoms with Gasteiger partial charge in [-0.15, -0.1) is 0 Å². The lowest BCUT2D eigenvalue weighted by Crippen LogP contribution is -2.30. The molecular formula is C19H15N3O4. The number of pyridine rings is 1. The first-order valence-electron chi connectivity index (χ1n) is 7.99. The minimum absolute atomic E-state index is 0.190. The molecule has 0 fully saturated rings. The molecule has 0 aliphatic rings. The molecule has 0 bridgehead atoms. The molecule has 130 valence electrons. The quantitative estimate of drug-likeness (QED) is 0.527. The Kier molecular flexibility index (Phi) is 4.34. The molecule has 1 amide bonds. The summed E-state index contributed by atoms with van der Waals surface area (Å²) in [5.74, 6) is 1.14. The molecule has 4 rings (SSSR count). The van der Waals surface area contributed by atoms with Crippen molar-refractivity contribution >= 4 is 5.91 Å². The first-order valence-corrected chi connectivity index (χ1v) is 7.99. The zero-order chi connectivity index (χ0) is 17.8. The number of nitrogens with zero attached hydrogens (tertiary/aromatic N) is 3. The summed E-state index contributed by atoms with van der Waals surface area (Å²) in [4.78, 5) is 23.0. The molecule has 0 radical (unpaired) electrons. The number of hydrogen-bond donors (Lipinski definition) is 0. The minimum Gasteiger partial charge on any atom is -0.467 e. The van der Waals surface area contributed by atoms with Gasteiger partial charge in [-0.3, -0.25) is 9.78 Å². The second-order valence-corrected chi connectivity index (χ2v) is 5.61. The first-order chi connectivity index (χ1) is 12.8. The number of rotatable bonds is 6. The molecule has 7 nitrogen and oxygen atoms in total. The molecule has 26 heavy (non-hydrogen) atoms. The molecule has 0 aromatic carbocycles. The number of aromatic nitrogens is 2. The lowest BCUT2D eigenvalue weighted by atomic mass is 10.2. The highest BCUT2D eigenvalue weighted by atomic mass is 16.4. The average Bonchev–Trinajstić information content (AvgIpc) is 3.42. The third kappa shape index (κ3) is 3.27. The van der Waals surface area contributed by atoms with E-state index in [1.165, 1.54) is 12.7 Å². The van der Waals surface area contributed by atoms with Crippen molar-refractivity contribution in [3.8, 4) is 11.5 Å². The van der Waals surface area contributed by atoms with Crippen molar-refractivity contribution in [3.63, 3.8) is 0 Å². The van der Waals surface area contributed by atoms with E-state index in [0.29, 0.717) is 30.4 Å². The molecule has 0 aliphatic heterocycles. The first kappa shape index (κ1) is 15.9. The smallest absolute Gasteiger partial charge is 0.277 e. The van der Waals surface area contributed by atoms with E-state index < -0.39 is 0 Å². The van der Waals surface area contributed by atoms with Gasteiger partial charge in [-0.2, -0.15) is 0 Å². The van der Waals surface area contributed by atoms with E-state index in [1.54, 1.807) is 41.8 Å². The normalized spacial score (nSPS) is 10.8. The lowest BCUT2D eigenvalue weighted by molar-refractivity contribution is 0.0712. The molecule has 0 aliphatic carbocycles. The predicted molar refractivity (Wildman–Crippen MR) is 90.7 cm³/mol. The van der Waals surface area contributed by atoms with Crippen LogP contribution in [0.1, 0.15) is 21.8 Å². The van der Waals surface area contributed by atoms with E-state index >= 15 is 0 Å². The number of carbonyl (C=O) groups is 1. The van der Waals surface area contributed by atoms with E-state index in [4.69, 9.17) is 13.3 Å². The predicted octanol–water partition coefficient (Wildman–Crippen LogP) is 3.77. The van der Waals surface area contributed by atoms with Gasteiger partial charge < -0.3 is 18.2 Å². The van der Waals surface area contributed by atoms with Gasteiger partial charge in [-0.1, -0.05) is 6.07 Å². The Hall–Kier alpha value is -3.61. The zero-order valence-corrected chi connectivity index (χ0v) is 13.7. The Morgan fingerprint density at radius 3 is 2.62 bits per heavy atom. The van der Waals surface area contributed by atoms with E-state index in [-0.39, 0.29) is 11.6 Å². The lowest BCUT2D eigenvalue weighted by Gasteiger charge is -2.21. The highest BCUT2D eigenvalue weighted by Crippen LogP contribution is 2.25. The summed E-state index contributed by atoms with van der Waals surface area (Å²) >= 11 is 0. The Morgan fingerprint density at radius 1 is 1.00 bits per heavy atom. The van der Waals surface area contributed by atoms with Gasteiger partial charge in [0.2, 0.25) is 5.76 Å². The number of hydrogen-bond acceptors (Lipinski definition) is 6. The van der Waals surface area contributed by atoms with Gasteiger partial charge in [-0.25, -0.2) is 4.98 Å². The van der Waals surface area contributed by atoms with Crippen molar-refractivity contribution in [1.82, 2.24) is 14.9 Å². The fourth-order valence-corrected chi connectivity index (χ4v) is 2.63. The van der Waals surface area contributed by atoms with Crippen LogP contribution < -0.4 is 0 Å². The van der Waals surface area contributed by atoms with E-state index in [2.05, 4.69) is 9.97 Å². The highest BCUT2D eigenvalue weighted by molar-refractivity contribution is 5.97. The van der Waals surface area contributed by atoms with Crippen LogP contribution in [0.5, 0.6) is 0 Å². The van der Waals surface area contributed by atoms with Crippen molar-refractivity contribution in [3.05, 3.63) is 84.7 Å². The second-order valence-electron chi connectivity index (χ2n) is 5.61. The molecule has 0 saturated heterocycles. The van der Waals surface area contributed by atoms with Crippen LogP contribution in [0.2, 0.25) is 0 Å². The maximum absolute atomic E-state index is 13.2. The number of carbonyl (C=O) groups excluding carboxylic acids is 1. The average molecular weight is 349 g/mol. The maximum atomic E-state index is 13.2. The van der Waals surface area contributed by atoms with Crippen LogP contribution in [-0.2, 0) is 13.1 Å². The summed E-state index contributed by atoms with van der Waals surface area (Å²) in [7, 11) is 0.